The molecular weight excluding hydrogens is 408 g/mol. The molecule has 0 unspecified atom stereocenters. The van der Waals surface area contributed by atoms with E-state index in [0.29, 0.717) is 45.0 Å². The Labute approximate surface area is 185 Å². The minimum absolute atomic E-state index is 0.0510. The number of phenols is 1. The van der Waals surface area contributed by atoms with Crippen LogP contribution in [0.3, 0.4) is 0 Å². The van der Waals surface area contributed by atoms with Gasteiger partial charge in [-0.15, -0.1) is 0 Å². The molecule has 4 rings (SSSR count). The predicted molar refractivity (Wildman–Crippen MR) is 123 cm³/mol. The number of aromatic hydroxyl groups is 1. The van der Waals surface area contributed by atoms with Gasteiger partial charge in [0.2, 0.25) is 5.89 Å². The van der Waals surface area contributed by atoms with Gasteiger partial charge in [-0.05, 0) is 73.9 Å². The number of hydrogen-bond acceptors (Lipinski definition) is 6. The molecule has 0 spiro atoms. The molecule has 7 heteroatoms. The van der Waals surface area contributed by atoms with Crippen molar-refractivity contribution in [2.24, 2.45) is 0 Å². The van der Waals surface area contributed by atoms with Gasteiger partial charge in [0.25, 0.3) is 5.91 Å². The fraction of sp³-hybridized carbons (Fsp3) is 0.200. The Morgan fingerprint density at radius 1 is 0.969 bits per heavy atom. The van der Waals surface area contributed by atoms with E-state index in [-0.39, 0.29) is 17.5 Å². The smallest absolute Gasteiger partial charge is 0.255 e. The number of aromatic nitrogens is 1. The third-order valence-corrected chi connectivity index (χ3v) is 5.25. The molecule has 0 aliphatic carbocycles. The Hall–Kier alpha value is -4.00. The van der Waals surface area contributed by atoms with Crippen LogP contribution in [0.4, 0.5) is 5.69 Å². The largest absolute Gasteiger partial charge is 0.507 e. The van der Waals surface area contributed by atoms with E-state index in [1.165, 1.54) is 14.2 Å². The predicted octanol–water partition coefficient (Wildman–Crippen LogP) is 5.40. The van der Waals surface area contributed by atoms with E-state index >= 15 is 0 Å². The molecule has 0 saturated heterocycles. The van der Waals surface area contributed by atoms with Crippen LogP contribution < -0.4 is 14.8 Å². The quantitative estimate of drug-likeness (QED) is 0.411. The SMILES string of the molecule is COc1ccc(C(=O)Nc2cc(C)c(O)c(-c3nc4cc(C)cc(C)c4o3)c2)cc1OC. The first kappa shape index (κ1) is 21.2. The van der Waals surface area contributed by atoms with Crippen molar-refractivity contribution in [3.05, 3.63) is 64.7 Å². The van der Waals surface area contributed by atoms with Crippen LogP contribution in [0, 0.1) is 20.8 Å². The van der Waals surface area contributed by atoms with Crippen LogP contribution in [0.25, 0.3) is 22.6 Å². The molecule has 32 heavy (non-hydrogen) atoms. The van der Waals surface area contributed by atoms with Gasteiger partial charge in [0.1, 0.15) is 11.3 Å². The van der Waals surface area contributed by atoms with Gasteiger partial charge in [-0.2, -0.15) is 0 Å². The van der Waals surface area contributed by atoms with Gasteiger partial charge in [0.05, 0.1) is 19.8 Å². The standard InChI is InChI=1S/C25H24N2O5/c1-13-8-15(3)23-19(9-13)27-25(32-23)18-12-17(10-14(2)22(18)28)26-24(29)16-6-7-20(30-4)21(11-16)31-5/h6-12,28H,1-5H3,(H,26,29). The van der Waals surface area contributed by atoms with Crippen LogP contribution in [-0.4, -0.2) is 30.2 Å². The Bertz CT molecular complexity index is 1340. The van der Waals surface area contributed by atoms with Gasteiger partial charge < -0.3 is 24.3 Å². The number of hydrogen-bond donors (Lipinski definition) is 2. The molecule has 0 atom stereocenters. The van der Waals surface area contributed by atoms with E-state index in [9.17, 15) is 9.90 Å². The third-order valence-electron chi connectivity index (χ3n) is 5.25. The molecule has 0 aliphatic rings. The summed E-state index contributed by atoms with van der Waals surface area (Å²) >= 11 is 0. The van der Waals surface area contributed by atoms with Gasteiger partial charge in [0, 0.05) is 11.3 Å². The molecule has 3 aromatic carbocycles. The van der Waals surface area contributed by atoms with Crippen LogP contribution >= 0.6 is 0 Å². The minimum Gasteiger partial charge on any atom is -0.507 e. The lowest BCUT2D eigenvalue weighted by molar-refractivity contribution is 0.102. The second kappa shape index (κ2) is 8.26. The third kappa shape index (κ3) is 3.85. The van der Waals surface area contributed by atoms with Gasteiger partial charge in [-0.25, -0.2) is 4.98 Å². The number of carbonyl (C=O) groups is 1. The summed E-state index contributed by atoms with van der Waals surface area (Å²) in [4.78, 5) is 17.4. The highest BCUT2D eigenvalue weighted by molar-refractivity contribution is 6.05. The monoisotopic (exact) mass is 432 g/mol. The lowest BCUT2D eigenvalue weighted by atomic mass is 10.1. The molecule has 0 radical (unpaired) electrons. The molecule has 0 saturated carbocycles. The summed E-state index contributed by atoms with van der Waals surface area (Å²) in [5.41, 5.74) is 5.32. The van der Waals surface area contributed by atoms with Gasteiger partial charge in [-0.3, -0.25) is 4.79 Å². The van der Waals surface area contributed by atoms with E-state index in [0.717, 1.165) is 11.1 Å². The van der Waals surface area contributed by atoms with Crippen LogP contribution in [0.5, 0.6) is 17.2 Å². The molecule has 1 aromatic heterocycles. The summed E-state index contributed by atoms with van der Waals surface area (Å²) in [6.07, 6.45) is 0. The highest BCUT2D eigenvalue weighted by Crippen LogP contribution is 2.37. The van der Waals surface area contributed by atoms with Crippen LogP contribution in [0.15, 0.2) is 46.9 Å². The lowest BCUT2D eigenvalue weighted by Gasteiger charge is -2.12. The molecule has 164 valence electrons. The average molecular weight is 432 g/mol. The number of methoxy groups -OCH3 is 2. The summed E-state index contributed by atoms with van der Waals surface area (Å²) in [5, 5.41) is 13.5. The van der Waals surface area contributed by atoms with Gasteiger partial charge in [-0.1, -0.05) is 6.07 Å². The maximum absolute atomic E-state index is 12.8. The van der Waals surface area contributed by atoms with E-state index < -0.39 is 0 Å². The van der Waals surface area contributed by atoms with E-state index in [1.54, 1.807) is 37.3 Å². The number of benzene rings is 3. The van der Waals surface area contributed by atoms with Crippen molar-refractivity contribution < 1.29 is 23.8 Å². The number of ether oxygens (including phenoxy) is 2. The summed E-state index contributed by atoms with van der Waals surface area (Å²) < 4.78 is 16.5. The fourth-order valence-electron chi connectivity index (χ4n) is 3.69. The first-order chi connectivity index (χ1) is 15.3. The Morgan fingerprint density at radius 3 is 2.44 bits per heavy atom. The summed E-state index contributed by atoms with van der Waals surface area (Å²) in [7, 11) is 3.05. The minimum atomic E-state index is -0.328. The van der Waals surface area contributed by atoms with Crippen molar-refractivity contribution in [2.75, 3.05) is 19.5 Å². The zero-order valence-corrected chi connectivity index (χ0v) is 18.6. The molecule has 1 heterocycles. The van der Waals surface area contributed by atoms with E-state index in [1.807, 2.05) is 26.0 Å². The first-order valence-electron chi connectivity index (χ1n) is 10.1. The molecule has 0 bridgehead atoms. The average Bonchev–Trinajstić information content (AvgIpc) is 3.19. The zero-order chi connectivity index (χ0) is 23.0. The second-order valence-electron chi connectivity index (χ2n) is 7.66. The fourth-order valence-corrected chi connectivity index (χ4v) is 3.69. The molecule has 0 aliphatic heterocycles. The number of amides is 1. The summed E-state index contributed by atoms with van der Waals surface area (Å²) in [5.74, 6) is 1.01. The highest BCUT2D eigenvalue weighted by Gasteiger charge is 2.18. The molecular formula is C25H24N2O5. The Kier molecular flexibility index (Phi) is 5.48. The van der Waals surface area contributed by atoms with Crippen molar-refractivity contribution in [1.29, 1.82) is 0 Å². The van der Waals surface area contributed by atoms with Crippen molar-refractivity contribution in [3.8, 4) is 28.7 Å². The number of rotatable bonds is 5. The second-order valence-corrected chi connectivity index (χ2v) is 7.66. The van der Waals surface area contributed by atoms with Crippen molar-refractivity contribution in [2.45, 2.75) is 20.8 Å². The lowest BCUT2D eigenvalue weighted by Crippen LogP contribution is -2.12. The summed E-state index contributed by atoms with van der Waals surface area (Å²) in [6, 6.07) is 12.2. The van der Waals surface area contributed by atoms with Crippen molar-refractivity contribution in [3.63, 3.8) is 0 Å². The molecule has 0 fully saturated rings. The van der Waals surface area contributed by atoms with Gasteiger partial charge >= 0.3 is 0 Å². The topological polar surface area (TPSA) is 93.8 Å². The first-order valence-corrected chi connectivity index (χ1v) is 10.1. The molecule has 1 amide bonds. The van der Waals surface area contributed by atoms with Crippen molar-refractivity contribution >= 4 is 22.7 Å². The summed E-state index contributed by atoms with van der Waals surface area (Å²) in [6.45, 7) is 5.70. The molecule has 7 nitrogen and oxygen atoms in total. The number of oxazole rings is 1. The number of carbonyl (C=O) groups excluding carboxylic acids is 1. The number of aryl methyl sites for hydroxylation is 3. The molecule has 4 aromatic rings. The number of fused-ring (bicyclic) bond motifs is 1. The van der Waals surface area contributed by atoms with Gasteiger partial charge in [0.15, 0.2) is 17.1 Å². The maximum Gasteiger partial charge on any atom is 0.255 e. The van der Waals surface area contributed by atoms with Crippen LogP contribution in [-0.2, 0) is 0 Å². The number of nitrogens with one attached hydrogen (secondary N) is 1. The van der Waals surface area contributed by atoms with E-state index in [2.05, 4.69) is 10.3 Å². The van der Waals surface area contributed by atoms with E-state index in [4.69, 9.17) is 13.9 Å². The molecule has 2 N–H and O–H groups in total. The number of phenolic OH excluding ortho intramolecular Hbond substituents is 1. The Morgan fingerprint density at radius 2 is 1.72 bits per heavy atom. The normalized spacial score (nSPS) is 10.9. The number of nitrogens with zero attached hydrogens (tertiary/aromatic N) is 1. The highest BCUT2D eigenvalue weighted by atomic mass is 16.5. The van der Waals surface area contributed by atoms with Crippen LogP contribution in [0.1, 0.15) is 27.0 Å². The maximum atomic E-state index is 12.8. The van der Waals surface area contributed by atoms with Crippen LogP contribution in [0.2, 0.25) is 0 Å². The van der Waals surface area contributed by atoms with Crippen molar-refractivity contribution in [1.82, 2.24) is 4.98 Å². The Balaban J connectivity index is 1.70. The zero-order valence-electron chi connectivity index (χ0n) is 18.6. The number of anilines is 1.